The zero-order chi connectivity index (χ0) is 31.8. The fourth-order valence-electron chi connectivity index (χ4n) is 4.09. The Hall–Kier alpha value is -3.90. The molecule has 2 rings (SSSR count). The van der Waals surface area contributed by atoms with Crippen molar-refractivity contribution in [3.8, 4) is 5.75 Å². The van der Waals surface area contributed by atoms with Crippen molar-refractivity contribution < 1.29 is 37.0 Å². The van der Waals surface area contributed by atoms with Gasteiger partial charge in [-0.05, 0) is 74.2 Å². The summed E-state index contributed by atoms with van der Waals surface area (Å²) >= 11 is 0. The average molecular weight is 609 g/mol. The topological polar surface area (TPSA) is 95.4 Å². The summed E-state index contributed by atoms with van der Waals surface area (Å²) in [4.78, 5) is 22.4. The van der Waals surface area contributed by atoms with E-state index in [1.807, 2.05) is 11.8 Å². The molecule has 0 bridgehead atoms. The Kier molecular flexibility index (Phi) is 14.7. The Morgan fingerprint density at radius 3 is 2.51 bits per heavy atom. The van der Waals surface area contributed by atoms with Crippen molar-refractivity contribution >= 4 is 17.9 Å². The van der Waals surface area contributed by atoms with Crippen LogP contribution in [0.1, 0.15) is 55.1 Å². The Balaban J connectivity index is 2.04. The number of rotatable bonds is 19. The number of nitrogens with zero attached hydrogens (tertiary/aromatic N) is 2. The van der Waals surface area contributed by atoms with Gasteiger partial charge < -0.3 is 20.1 Å². The molecule has 0 aliphatic rings. The molecule has 2 aromatic rings. The number of ether oxygens (including phenoxy) is 1. The molecule has 1 unspecified atom stereocenters. The molecule has 0 aliphatic carbocycles. The van der Waals surface area contributed by atoms with Crippen LogP contribution in [0.3, 0.4) is 0 Å². The number of aliphatic imine (C=N–C) groups is 1. The third-order valence-corrected chi connectivity index (χ3v) is 6.52. The van der Waals surface area contributed by atoms with Gasteiger partial charge in [0.1, 0.15) is 17.4 Å². The van der Waals surface area contributed by atoms with Gasteiger partial charge in [-0.3, -0.25) is 15.3 Å². The molecule has 12 heteroatoms. The Bertz CT molecular complexity index is 1230. The largest absolute Gasteiger partial charge is 0.573 e. The molecule has 0 aliphatic heterocycles. The summed E-state index contributed by atoms with van der Waals surface area (Å²) in [7, 11) is 0. The van der Waals surface area contributed by atoms with E-state index < -0.39 is 18.2 Å². The second kappa shape index (κ2) is 17.9. The average Bonchev–Trinajstić information content (AvgIpc) is 2.97. The van der Waals surface area contributed by atoms with Crippen molar-refractivity contribution in [1.82, 2.24) is 10.8 Å². The predicted octanol–water partition coefficient (Wildman–Crippen LogP) is 6.79. The van der Waals surface area contributed by atoms with Crippen molar-refractivity contribution in [3.05, 3.63) is 83.5 Å². The summed E-state index contributed by atoms with van der Waals surface area (Å²) < 4.78 is 56.7. The number of hydroxylamine groups is 1. The fraction of sp³-hybridized carbons (Fsp3) is 0.419. The van der Waals surface area contributed by atoms with Crippen LogP contribution in [0.2, 0.25) is 0 Å². The van der Waals surface area contributed by atoms with Crippen LogP contribution >= 0.6 is 0 Å². The van der Waals surface area contributed by atoms with Crippen LogP contribution in [0.5, 0.6) is 5.75 Å². The number of anilines is 1. The molecule has 1 atom stereocenters. The summed E-state index contributed by atoms with van der Waals surface area (Å²) in [6, 6.07) is 11.1. The highest BCUT2D eigenvalue weighted by Gasteiger charge is 2.32. The van der Waals surface area contributed by atoms with Gasteiger partial charge in [0.25, 0.3) is 0 Å². The maximum Gasteiger partial charge on any atom is 0.573 e. The lowest BCUT2D eigenvalue weighted by molar-refractivity contribution is -0.274. The molecule has 0 radical (unpaired) electrons. The van der Waals surface area contributed by atoms with E-state index in [1.54, 1.807) is 24.3 Å². The molecule has 0 aromatic heterocycles. The molecule has 0 spiro atoms. The number of hydrogen-bond donors (Lipinski definition) is 3. The first-order valence-electron chi connectivity index (χ1n) is 14.0. The second-order valence-corrected chi connectivity index (χ2v) is 9.64. The Labute approximate surface area is 250 Å². The number of alkyl halides is 3. The van der Waals surface area contributed by atoms with Crippen molar-refractivity contribution in [1.29, 1.82) is 0 Å². The van der Waals surface area contributed by atoms with E-state index in [4.69, 9.17) is 4.84 Å². The van der Waals surface area contributed by atoms with E-state index in [-0.39, 0.29) is 35.8 Å². The monoisotopic (exact) mass is 608 g/mol. The molecule has 43 heavy (non-hydrogen) atoms. The summed E-state index contributed by atoms with van der Waals surface area (Å²) in [6.07, 6.45) is -0.561. The molecule has 2 aromatic carbocycles. The van der Waals surface area contributed by atoms with Gasteiger partial charge in [0, 0.05) is 31.4 Å². The number of carbonyl (C=O) groups is 1. The van der Waals surface area contributed by atoms with Gasteiger partial charge in [0.2, 0.25) is 0 Å². The number of carboxylic acid groups (broad SMARTS) is 1. The van der Waals surface area contributed by atoms with E-state index in [2.05, 4.69) is 34.0 Å². The van der Waals surface area contributed by atoms with Crippen LogP contribution < -0.4 is 20.4 Å². The second-order valence-electron chi connectivity index (χ2n) is 9.64. The minimum Gasteiger partial charge on any atom is -0.478 e. The Morgan fingerprint density at radius 1 is 1.19 bits per heavy atom. The van der Waals surface area contributed by atoms with Gasteiger partial charge in [0.15, 0.2) is 0 Å². The zero-order valence-electron chi connectivity index (χ0n) is 24.7. The lowest BCUT2D eigenvalue weighted by atomic mass is 10.0. The van der Waals surface area contributed by atoms with Crippen LogP contribution in [0.25, 0.3) is 0 Å². The van der Waals surface area contributed by atoms with E-state index in [1.165, 1.54) is 37.4 Å². The van der Waals surface area contributed by atoms with E-state index in [9.17, 15) is 27.5 Å². The fourth-order valence-corrected chi connectivity index (χ4v) is 4.09. The zero-order valence-corrected chi connectivity index (χ0v) is 24.7. The van der Waals surface area contributed by atoms with Gasteiger partial charge in [0.05, 0.1) is 18.7 Å². The number of benzene rings is 2. The molecule has 3 N–H and O–H groups in total. The first kappa shape index (κ1) is 35.3. The van der Waals surface area contributed by atoms with Gasteiger partial charge >= 0.3 is 12.3 Å². The molecule has 0 fully saturated rings. The predicted molar refractivity (Wildman–Crippen MR) is 160 cm³/mol. The quantitative estimate of drug-likeness (QED) is 0.0699. The number of aromatic carboxylic acids is 1. The maximum atomic E-state index is 13.2. The summed E-state index contributed by atoms with van der Waals surface area (Å²) in [5.74, 6) is -1.06. The first-order chi connectivity index (χ1) is 20.5. The van der Waals surface area contributed by atoms with Crippen LogP contribution in [0.15, 0.2) is 71.8 Å². The molecular formula is C31H40F4N4O4. The van der Waals surface area contributed by atoms with Crippen molar-refractivity contribution in [3.63, 3.8) is 0 Å². The van der Waals surface area contributed by atoms with Gasteiger partial charge in [-0.25, -0.2) is 9.18 Å². The number of carboxylic acids is 1. The molecule has 0 heterocycles. The number of allylic oxidation sites excluding steroid dienone is 1. The Morgan fingerprint density at radius 2 is 1.91 bits per heavy atom. The summed E-state index contributed by atoms with van der Waals surface area (Å²) in [5, 5.41) is 12.5. The smallest absolute Gasteiger partial charge is 0.478 e. The van der Waals surface area contributed by atoms with E-state index in [0.29, 0.717) is 37.6 Å². The van der Waals surface area contributed by atoms with Crippen molar-refractivity contribution in [2.75, 3.05) is 31.1 Å². The lowest BCUT2D eigenvalue weighted by Gasteiger charge is -2.31. The molecule has 236 valence electrons. The summed E-state index contributed by atoms with van der Waals surface area (Å²) in [6.45, 7) is 11.2. The molecule has 0 saturated carbocycles. The minimum absolute atomic E-state index is 0.0628. The highest BCUT2D eigenvalue weighted by Crippen LogP contribution is 2.28. The number of nitrogens with one attached hydrogen (secondary N) is 2. The van der Waals surface area contributed by atoms with E-state index in [0.717, 1.165) is 18.5 Å². The van der Waals surface area contributed by atoms with Crippen LogP contribution in [-0.2, 0) is 17.8 Å². The molecular weight excluding hydrogens is 568 g/mol. The third-order valence-electron chi connectivity index (χ3n) is 6.52. The van der Waals surface area contributed by atoms with Crippen LogP contribution in [-0.4, -0.2) is 49.9 Å². The van der Waals surface area contributed by atoms with Crippen molar-refractivity contribution in [2.24, 2.45) is 10.9 Å². The maximum absolute atomic E-state index is 13.2. The van der Waals surface area contributed by atoms with Gasteiger partial charge in [-0.15, -0.1) is 13.2 Å². The molecule has 0 saturated heterocycles. The summed E-state index contributed by atoms with van der Waals surface area (Å²) in [5.41, 5.74) is 4.64. The first-order valence-corrected chi connectivity index (χ1v) is 14.0. The van der Waals surface area contributed by atoms with Crippen LogP contribution in [0.4, 0.5) is 23.2 Å². The van der Waals surface area contributed by atoms with Crippen LogP contribution in [0, 0.1) is 5.92 Å². The standard InChI is InChI=1S/C31H40F4N4O4/c1-5-23(21-39(22(4)38-42-7-3)28-12-10-26(11-13-28)30(40)41)14-16-36-19-24-8-9-25(15-17-37-20-27(32)6-2)29(18-24)43-31(33,34)35/h6,8-13,17-18,23,36,38H,4-5,7,14-16,19-21H2,1-3H3,(H,40,41)/b27-6+,37-17?. The van der Waals surface area contributed by atoms with Crippen molar-refractivity contribution in [2.45, 2.75) is 52.9 Å². The highest BCUT2D eigenvalue weighted by atomic mass is 19.4. The number of halogens is 4. The number of hydrogen-bond acceptors (Lipinski definition) is 7. The van der Waals surface area contributed by atoms with Gasteiger partial charge in [-0.2, -0.15) is 0 Å². The minimum atomic E-state index is -4.86. The van der Waals surface area contributed by atoms with Gasteiger partial charge in [-0.1, -0.05) is 38.1 Å². The van der Waals surface area contributed by atoms with E-state index >= 15 is 0 Å². The highest BCUT2D eigenvalue weighted by molar-refractivity contribution is 5.88. The molecule has 0 amide bonds. The third kappa shape index (κ3) is 12.9. The SMILES string of the molecule is C=C(NOCC)N(CC(CC)CCNCc1ccc(CC=NC/C(F)=C\C)c(OC(F)(F)F)c1)c1ccc(C(=O)O)cc1. The lowest BCUT2D eigenvalue weighted by Crippen LogP contribution is -2.36. The normalized spacial score (nSPS) is 12.8. The molecule has 8 nitrogen and oxygen atoms in total.